The van der Waals surface area contributed by atoms with Crippen molar-refractivity contribution in [1.82, 2.24) is 0 Å². The molecule has 0 N–H and O–H groups in total. The van der Waals surface area contributed by atoms with Crippen LogP contribution in [0.3, 0.4) is 0 Å². The van der Waals surface area contributed by atoms with Gasteiger partial charge >= 0.3 is 11.9 Å². The molecule has 0 spiro atoms. The monoisotopic (exact) mass is 574 g/mol. The van der Waals surface area contributed by atoms with Crippen LogP contribution < -0.4 is 18.9 Å². The zero-order chi connectivity index (χ0) is 30.2. The van der Waals surface area contributed by atoms with Gasteiger partial charge in [0.2, 0.25) is 0 Å². The van der Waals surface area contributed by atoms with Crippen LogP contribution in [0.25, 0.3) is 0 Å². The first-order valence-corrected chi connectivity index (χ1v) is 15.5. The fourth-order valence-electron chi connectivity index (χ4n) is 4.64. The normalized spacial score (nSPS) is 12.3. The predicted molar refractivity (Wildman–Crippen MR) is 167 cm³/mol. The van der Waals surface area contributed by atoms with E-state index in [4.69, 9.17) is 18.9 Å². The highest BCUT2D eigenvalue weighted by Crippen LogP contribution is 2.24. The van der Waals surface area contributed by atoms with Gasteiger partial charge in [-0.2, -0.15) is 0 Å². The van der Waals surface area contributed by atoms with Crippen LogP contribution in [0, 0.1) is 0 Å². The maximum atomic E-state index is 13.0. The van der Waals surface area contributed by atoms with E-state index in [2.05, 4.69) is 27.7 Å². The smallest absolute Gasteiger partial charge is 0.344 e. The van der Waals surface area contributed by atoms with E-state index in [9.17, 15) is 9.59 Å². The van der Waals surface area contributed by atoms with Gasteiger partial charge in [0.1, 0.15) is 23.0 Å². The van der Waals surface area contributed by atoms with Gasteiger partial charge < -0.3 is 18.9 Å². The second-order valence-corrected chi connectivity index (χ2v) is 10.8. The van der Waals surface area contributed by atoms with Crippen LogP contribution in [-0.2, 0) is 0 Å². The molecule has 3 aromatic carbocycles. The molecular formula is C36H46O6. The largest absolute Gasteiger partial charge is 0.491 e. The summed E-state index contributed by atoms with van der Waals surface area (Å²) in [7, 11) is 0. The van der Waals surface area contributed by atoms with Crippen LogP contribution >= 0.6 is 0 Å². The summed E-state index contributed by atoms with van der Waals surface area (Å²) in [4.78, 5) is 26.0. The zero-order valence-corrected chi connectivity index (χ0v) is 25.6. The van der Waals surface area contributed by atoms with Gasteiger partial charge in [0.15, 0.2) is 0 Å². The van der Waals surface area contributed by atoms with Crippen molar-refractivity contribution in [3.8, 4) is 23.0 Å². The van der Waals surface area contributed by atoms with Crippen molar-refractivity contribution in [2.75, 3.05) is 0 Å². The molecule has 0 amide bonds. The van der Waals surface area contributed by atoms with Crippen molar-refractivity contribution in [3.05, 3.63) is 83.9 Å². The molecule has 6 heteroatoms. The Kier molecular flexibility index (Phi) is 13.9. The van der Waals surface area contributed by atoms with Crippen molar-refractivity contribution in [3.63, 3.8) is 0 Å². The maximum Gasteiger partial charge on any atom is 0.344 e. The highest BCUT2D eigenvalue weighted by Gasteiger charge is 2.20. The molecule has 3 rings (SSSR count). The van der Waals surface area contributed by atoms with E-state index in [1.54, 1.807) is 72.8 Å². The molecule has 0 aliphatic rings. The molecule has 3 aromatic rings. The lowest BCUT2D eigenvalue weighted by molar-refractivity contribution is 0.0692. The first kappa shape index (κ1) is 32.7. The topological polar surface area (TPSA) is 71.1 Å². The Morgan fingerprint density at radius 2 is 0.881 bits per heavy atom. The fraction of sp³-hybridized carbons (Fsp3) is 0.444. The molecule has 0 aromatic heterocycles. The second kappa shape index (κ2) is 17.9. The summed E-state index contributed by atoms with van der Waals surface area (Å²) in [5.74, 6) is 0.885. The second-order valence-electron chi connectivity index (χ2n) is 10.8. The zero-order valence-electron chi connectivity index (χ0n) is 25.6. The highest BCUT2D eigenvalue weighted by molar-refractivity contribution is 6.04. The number of rotatable bonds is 18. The summed E-state index contributed by atoms with van der Waals surface area (Å²) in [5.41, 5.74) is 0.251. The number of unbranched alkanes of at least 4 members (excludes halogenated alkanes) is 6. The molecular weight excluding hydrogens is 528 g/mol. The summed E-state index contributed by atoms with van der Waals surface area (Å²) in [5, 5.41) is 0. The molecule has 0 aliphatic heterocycles. The van der Waals surface area contributed by atoms with E-state index < -0.39 is 11.9 Å². The van der Waals surface area contributed by atoms with E-state index in [1.165, 1.54) is 38.5 Å². The Bertz CT molecular complexity index is 1120. The number of carbonyl (C=O) groups excluding carboxylic acids is 2. The van der Waals surface area contributed by atoms with Gasteiger partial charge in [-0.25, -0.2) is 9.59 Å². The van der Waals surface area contributed by atoms with E-state index in [0.717, 1.165) is 37.2 Å². The van der Waals surface area contributed by atoms with Gasteiger partial charge in [0.25, 0.3) is 0 Å². The number of hydrogen-bond acceptors (Lipinski definition) is 6. The van der Waals surface area contributed by atoms with Crippen molar-refractivity contribution >= 4 is 11.9 Å². The number of esters is 2. The van der Waals surface area contributed by atoms with Crippen molar-refractivity contribution in [1.29, 1.82) is 0 Å². The van der Waals surface area contributed by atoms with Gasteiger partial charge in [0, 0.05) is 0 Å². The lowest BCUT2D eigenvalue weighted by atomic mass is 10.1. The molecule has 2 unspecified atom stereocenters. The van der Waals surface area contributed by atoms with Crippen LogP contribution in [0.4, 0.5) is 0 Å². The summed E-state index contributed by atoms with van der Waals surface area (Å²) >= 11 is 0. The van der Waals surface area contributed by atoms with Crippen LogP contribution in [0.1, 0.15) is 113 Å². The number of ether oxygens (including phenoxy) is 4. The molecule has 6 nitrogen and oxygen atoms in total. The average molecular weight is 575 g/mol. The quantitative estimate of drug-likeness (QED) is 0.0856. The van der Waals surface area contributed by atoms with Crippen molar-refractivity contribution in [2.24, 2.45) is 0 Å². The minimum Gasteiger partial charge on any atom is -0.491 e. The van der Waals surface area contributed by atoms with Crippen LogP contribution in [0.5, 0.6) is 23.0 Å². The average Bonchev–Trinajstić information content (AvgIpc) is 2.99. The molecule has 0 radical (unpaired) electrons. The molecule has 0 bridgehead atoms. The van der Waals surface area contributed by atoms with Gasteiger partial charge in [-0.15, -0.1) is 0 Å². The third-order valence-corrected chi connectivity index (χ3v) is 7.04. The molecule has 2 atom stereocenters. The van der Waals surface area contributed by atoms with Crippen LogP contribution in [0.2, 0.25) is 0 Å². The predicted octanol–water partition coefficient (Wildman–Crippen LogP) is 9.60. The summed E-state index contributed by atoms with van der Waals surface area (Å²) in [6, 6.07) is 20.4. The van der Waals surface area contributed by atoms with Gasteiger partial charge in [-0.3, -0.25) is 0 Å². The van der Waals surface area contributed by atoms with Crippen molar-refractivity contribution < 1.29 is 28.5 Å². The molecule has 0 heterocycles. The Morgan fingerprint density at radius 1 is 0.524 bits per heavy atom. The third kappa shape index (κ3) is 11.2. The first-order valence-electron chi connectivity index (χ1n) is 15.5. The van der Waals surface area contributed by atoms with E-state index >= 15 is 0 Å². The van der Waals surface area contributed by atoms with Gasteiger partial charge in [0.05, 0.1) is 23.3 Å². The maximum absolute atomic E-state index is 13.0. The molecule has 0 fully saturated rings. The lowest BCUT2D eigenvalue weighted by Crippen LogP contribution is -2.17. The fourth-order valence-corrected chi connectivity index (χ4v) is 4.64. The van der Waals surface area contributed by atoms with Crippen LogP contribution in [-0.4, -0.2) is 24.1 Å². The summed E-state index contributed by atoms with van der Waals surface area (Å²) in [6.07, 6.45) is 11.9. The van der Waals surface area contributed by atoms with Gasteiger partial charge in [-0.1, -0.05) is 64.5 Å². The number of carbonyl (C=O) groups is 2. The Labute approximate surface area is 251 Å². The standard InChI is InChI=1S/C36H46O6/c1-5-7-9-11-15-27(3)39-29-19-23-31(24-20-29)41-35(37)33-17-13-14-18-34(33)36(38)42-32-25-21-30(22-26-32)40-28(4)16-12-10-8-6-2/h13-14,17-28H,5-12,15-16H2,1-4H3. The summed E-state index contributed by atoms with van der Waals surface area (Å²) in [6.45, 7) is 8.53. The first-order chi connectivity index (χ1) is 20.4. The number of benzene rings is 3. The molecule has 0 saturated heterocycles. The van der Waals surface area contributed by atoms with E-state index in [-0.39, 0.29) is 23.3 Å². The molecule has 0 saturated carbocycles. The summed E-state index contributed by atoms with van der Waals surface area (Å²) < 4.78 is 23.1. The Morgan fingerprint density at radius 3 is 1.24 bits per heavy atom. The lowest BCUT2D eigenvalue weighted by Gasteiger charge is -2.15. The minimum absolute atomic E-state index is 0.112. The molecule has 0 aliphatic carbocycles. The Balaban J connectivity index is 1.54. The minimum atomic E-state index is -0.641. The van der Waals surface area contributed by atoms with Gasteiger partial charge in [-0.05, 0) is 100 Å². The Hall–Kier alpha value is -3.80. The molecule has 226 valence electrons. The molecule has 42 heavy (non-hydrogen) atoms. The van der Waals surface area contributed by atoms with E-state index in [0.29, 0.717) is 11.5 Å². The number of hydrogen-bond donors (Lipinski definition) is 0. The van der Waals surface area contributed by atoms with Crippen molar-refractivity contribution in [2.45, 2.75) is 104 Å². The highest BCUT2D eigenvalue weighted by atomic mass is 16.5. The van der Waals surface area contributed by atoms with E-state index in [1.807, 2.05) is 0 Å². The SMILES string of the molecule is CCCCCCC(C)Oc1ccc(OC(=O)c2ccccc2C(=O)Oc2ccc(OC(C)CCCCCC)cc2)cc1. The third-order valence-electron chi connectivity index (χ3n) is 7.04. The van der Waals surface area contributed by atoms with Crippen LogP contribution in [0.15, 0.2) is 72.8 Å².